The Kier molecular flexibility index (Phi) is 5.84. The first-order valence-electron chi connectivity index (χ1n) is 9.77. The monoisotopic (exact) mass is 451 g/mol. The van der Waals surface area contributed by atoms with Crippen LogP contribution >= 0.6 is 24.0 Å². The number of aromatic nitrogens is 2. The summed E-state index contributed by atoms with van der Waals surface area (Å²) in [5, 5.41) is 0. The largest absolute Gasteiger partial charge is 0.494 e. The van der Waals surface area contributed by atoms with Gasteiger partial charge in [0.05, 0.1) is 22.9 Å². The molecule has 0 bridgehead atoms. The van der Waals surface area contributed by atoms with Crippen LogP contribution in [0.3, 0.4) is 0 Å². The molecule has 0 unspecified atom stereocenters. The molecule has 2 heterocycles. The van der Waals surface area contributed by atoms with Gasteiger partial charge in [-0.05, 0) is 49.8 Å². The van der Waals surface area contributed by atoms with Crippen molar-refractivity contribution in [2.45, 2.75) is 13.8 Å². The van der Waals surface area contributed by atoms with Crippen molar-refractivity contribution in [1.82, 2.24) is 9.36 Å². The highest BCUT2D eigenvalue weighted by Gasteiger charge is 2.37. The normalized spacial score (nSPS) is 15.2. The fraction of sp³-hybridized carbons (Fsp3) is 0.174. The number of anilines is 1. The van der Waals surface area contributed by atoms with Gasteiger partial charge in [-0.25, -0.2) is 4.68 Å². The second kappa shape index (κ2) is 8.56. The van der Waals surface area contributed by atoms with Crippen molar-refractivity contribution in [3.63, 3.8) is 0 Å². The third-order valence-corrected chi connectivity index (χ3v) is 6.33. The number of thiocarbonyl (C=S) groups is 1. The molecule has 0 spiro atoms. The van der Waals surface area contributed by atoms with Crippen molar-refractivity contribution in [2.75, 3.05) is 11.5 Å². The number of hydrogen-bond donors (Lipinski definition) is 0. The number of thioether (sulfide) groups is 1. The molecule has 158 valence electrons. The Morgan fingerprint density at radius 3 is 2.39 bits per heavy atom. The average molecular weight is 452 g/mol. The van der Waals surface area contributed by atoms with E-state index in [4.69, 9.17) is 17.0 Å². The van der Waals surface area contributed by atoms with E-state index in [0.29, 0.717) is 21.5 Å². The van der Waals surface area contributed by atoms with Gasteiger partial charge in [0.1, 0.15) is 11.4 Å². The molecular formula is C23H21N3O3S2. The van der Waals surface area contributed by atoms with Crippen LogP contribution in [-0.2, 0) is 11.8 Å². The Hall–Kier alpha value is -3.10. The summed E-state index contributed by atoms with van der Waals surface area (Å²) in [6.07, 6.45) is 1.78. The van der Waals surface area contributed by atoms with E-state index in [-0.39, 0.29) is 17.2 Å². The number of carbonyl (C=O) groups excluding carboxylic acids is 1. The fourth-order valence-electron chi connectivity index (χ4n) is 3.45. The number of para-hydroxylation sites is 1. The standard InChI is InChI=1S/C23H21N3O3S2/c1-4-29-18-12-10-16(11-13-18)14-19-21(27)25(23(30)31-19)20-15(2)24(3)26(22(20)28)17-8-6-5-7-9-17/h5-14H,4H2,1-3H3/b19-14-. The lowest BCUT2D eigenvalue weighted by molar-refractivity contribution is -0.113. The third kappa shape index (κ3) is 3.84. The summed E-state index contributed by atoms with van der Waals surface area (Å²) in [6.45, 7) is 4.33. The molecule has 8 heteroatoms. The first kappa shape index (κ1) is 21.1. The summed E-state index contributed by atoms with van der Waals surface area (Å²) in [5.41, 5.74) is 2.23. The van der Waals surface area contributed by atoms with Gasteiger partial charge in [-0.2, -0.15) is 0 Å². The molecule has 0 radical (unpaired) electrons. The van der Waals surface area contributed by atoms with Crippen molar-refractivity contribution in [3.8, 4) is 11.4 Å². The zero-order valence-electron chi connectivity index (χ0n) is 17.4. The third-order valence-electron chi connectivity index (χ3n) is 5.03. The summed E-state index contributed by atoms with van der Waals surface area (Å²) < 4.78 is 9.08. The van der Waals surface area contributed by atoms with Crippen molar-refractivity contribution >= 4 is 46.0 Å². The number of hydrogen-bond acceptors (Lipinski definition) is 5. The minimum absolute atomic E-state index is 0.281. The van der Waals surface area contributed by atoms with Crippen LogP contribution in [0.2, 0.25) is 0 Å². The molecule has 0 N–H and O–H groups in total. The van der Waals surface area contributed by atoms with Crippen molar-refractivity contribution in [3.05, 3.63) is 81.1 Å². The zero-order valence-corrected chi connectivity index (χ0v) is 19.0. The van der Waals surface area contributed by atoms with Gasteiger partial charge >= 0.3 is 0 Å². The summed E-state index contributed by atoms with van der Waals surface area (Å²) in [5.74, 6) is 0.475. The molecule has 1 fully saturated rings. The Labute approximate surface area is 189 Å². The van der Waals surface area contributed by atoms with E-state index in [1.165, 1.54) is 16.7 Å². The van der Waals surface area contributed by atoms with Crippen molar-refractivity contribution < 1.29 is 9.53 Å². The van der Waals surface area contributed by atoms with Crippen molar-refractivity contribution in [2.24, 2.45) is 7.05 Å². The quantitative estimate of drug-likeness (QED) is 0.428. The van der Waals surface area contributed by atoms with E-state index in [1.54, 1.807) is 22.5 Å². The van der Waals surface area contributed by atoms with E-state index < -0.39 is 0 Å². The first-order chi connectivity index (χ1) is 14.9. The predicted octanol–water partition coefficient (Wildman–Crippen LogP) is 4.29. The molecular weight excluding hydrogens is 430 g/mol. The summed E-state index contributed by atoms with van der Waals surface area (Å²) >= 11 is 6.68. The molecule has 1 aliphatic rings. The molecule has 6 nitrogen and oxygen atoms in total. The fourth-order valence-corrected chi connectivity index (χ4v) is 4.72. The van der Waals surface area contributed by atoms with E-state index in [9.17, 15) is 9.59 Å². The van der Waals surface area contributed by atoms with Crippen molar-refractivity contribution in [1.29, 1.82) is 0 Å². The molecule has 1 aromatic heterocycles. The Balaban J connectivity index is 1.71. The Bertz CT molecular complexity index is 1240. The lowest BCUT2D eigenvalue weighted by atomic mass is 10.2. The molecule has 31 heavy (non-hydrogen) atoms. The lowest BCUT2D eigenvalue weighted by Gasteiger charge is -2.12. The molecule has 3 aromatic rings. The van der Waals surface area contributed by atoms with Gasteiger partial charge in [0.25, 0.3) is 11.5 Å². The minimum Gasteiger partial charge on any atom is -0.494 e. The number of nitrogens with zero attached hydrogens (tertiary/aromatic N) is 3. The van der Waals surface area contributed by atoms with Crippen LogP contribution in [0.4, 0.5) is 5.69 Å². The van der Waals surface area contributed by atoms with Crippen LogP contribution in [0.1, 0.15) is 18.2 Å². The Morgan fingerprint density at radius 2 is 1.74 bits per heavy atom. The number of carbonyl (C=O) groups is 1. The number of rotatable bonds is 5. The van der Waals surface area contributed by atoms with Crippen LogP contribution in [0.5, 0.6) is 5.75 Å². The first-order valence-corrected chi connectivity index (χ1v) is 11.0. The molecule has 1 aliphatic heterocycles. The maximum Gasteiger partial charge on any atom is 0.296 e. The number of amides is 1. The van der Waals surface area contributed by atoms with Gasteiger partial charge < -0.3 is 4.74 Å². The Morgan fingerprint density at radius 1 is 1.06 bits per heavy atom. The second-order valence-electron chi connectivity index (χ2n) is 6.93. The van der Waals surface area contributed by atoms with E-state index >= 15 is 0 Å². The minimum atomic E-state index is -0.296. The molecule has 0 aliphatic carbocycles. The molecule has 1 amide bonds. The summed E-state index contributed by atoms with van der Waals surface area (Å²) in [6, 6.07) is 16.8. The highest BCUT2D eigenvalue weighted by atomic mass is 32.2. The highest BCUT2D eigenvalue weighted by Crippen LogP contribution is 2.36. The average Bonchev–Trinajstić information content (AvgIpc) is 3.15. The highest BCUT2D eigenvalue weighted by molar-refractivity contribution is 8.27. The van der Waals surface area contributed by atoms with Gasteiger partial charge in [0.2, 0.25) is 0 Å². The molecule has 2 aromatic carbocycles. The number of benzene rings is 2. The van der Waals surface area contributed by atoms with Gasteiger partial charge in [-0.15, -0.1) is 0 Å². The van der Waals surface area contributed by atoms with Crippen LogP contribution in [0.25, 0.3) is 11.8 Å². The smallest absolute Gasteiger partial charge is 0.296 e. The predicted molar refractivity (Wildman–Crippen MR) is 129 cm³/mol. The summed E-state index contributed by atoms with van der Waals surface area (Å²) in [7, 11) is 1.79. The van der Waals surface area contributed by atoms with Gasteiger partial charge in [0.15, 0.2) is 4.32 Å². The second-order valence-corrected chi connectivity index (χ2v) is 8.61. The molecule has 0 saturated carbocycles. The van der Waals surface area contributed by atoms with E-state index in [2.05, 4.69) is 0 Å². The topological polar surface area (TPSA) is 56.5 Å². The van der Waals surface area contributed by atoms with E-state index in [1.807, 2.05) is 68.4 Å². The summed E-state index contributed by atoms with van der Waals surface area (Å²) in [4.78, 5) is 28.3. The maximum atomic E-state index is 13.3. The molecule has 1 saturated heterocycles. The van der Waals surface area contributed by atoms with Crippen LogP contribution in [0, 0.1) is 6.92 Å². The SMILES string of the molecule is CCOc1ccc(/C=C2\SC(=S)N(c3c(C)n(C)n(-c4ccccc4)c3=O)C2=O)cc1. The molecule has 0 atom stereocenters. The maximum absolute atomic E-state index is 13.3. The van der Waals surface area contributed by atoms with Gasteiger partial charge in [-0.3, -0.25) is 19.2 Å². The van der Waals surface area contributed by atoms with Crippen LogP contribution < -0.4 is 15.2 Å². The zero-order chi connectivity index (χ0) is 22.1. The van der Waals surface area contributed by atoms with E-state index in [0.717, 1.165) is 17.0 Å². The lowest BCUT2D eigenvalue weighted by Crippen LogP contribution is -2.33. The number of ether oxygens (including phenoxy) is 1. The van der Waals surface area contributed by atoms with Gasteiger partial charge in [-0.1, -0.05) is 54.3 Å². The van der Waals surface area contributed by atoms with Crippen LogP contribution in [0.15, 0.2) is 64.3 Å². The van der Waals surface area contributed by atoms with Crippen LogP contribution in [-0.4, -0.2) is 26.2 Å². The van der Waals surface area contributed by atoms with Gasteiger partial charge in [0, 0.05) is 7.05 Å². The molecule has 4 rings (SSSR count).